The summed E-state index contributed by atoms with van der Waals surface area (Å²) in [6.45, 7) is 0.539. The summed E-state index contributed by atoms with van der Waals surface area (Å²) in [5.41, 5.74) is -35.3. The number of carbonyl (C=O) groups is 4. The molecular weight excluding hydrogens is 982 g/mol. The minimum Gasteiger partial charge on any atom is -0.478 e. The molecule has 4 aromatic rings. The second-order valence-electron chi connectivity index (χ2n) is 14.1. The molecule has 0 spiro atoms. The largest absolute Gasteiger partial charge is 0.478 e. The standard InChI is InChI=1S/C39H24F18N2O9/c1-15(60)22-11-16(3-7-20(22)29(62)63)31(34(40,41)42,35(43,44)45)17-4-8-21(30(64)65)23(12-17)28(61)59-27-10-6-19(14-25(27)33(67,38(52,53)54)39(55,56)57)68-18-5-9-26(58-2)24(13-18)32(66,36(46,47)48)37(49,50)51/h3-14,58,66-67H,1-2H3,(H,59,61)(H,62,63)(H,64,65). The van der Waals surface area contributed by atoms with Gasteiger partial charge in [-0.1, -0.05) is 12.1 Å². The Kier molecular flexibility index (Phi) is 13.8. The SMILES string of the molecule is CNc1ccc(Oc2ccc(NC(=O)c3cc(C(c4ccc(C(=O)O)c(C(C)=O)c4)(C(F)(F)F)C(F)(F)F)ccc3C(=O)O)c(C(O)(C(F)(F)F)C(F)(F)F)c2)cc1C(O)(C(F)(F)F)C(F)(F)F. The van der Waals surface area contributed by atoms with Crippen LogP contribution in [0, 0.1) is 0 Å². The second kappa shape index (κ2) is 17.4. The summed E-state index contributed by atoms with van der Waals surface area (Å²) in [7, 11) is 0.756. The third kappa shape index (κ3) is 9.01. The fourth-order valence-electron chi connectivity index (χ4n) is 6.75. The number of carboxylic acid groups (broad SMARTS) is 2. The third-order valence-corrected chi connectivity index (χ3v) is 10.00. The first-order valence-electron chi connectivity index (χ1n) is 17.7. The number of amides is 1. The van der Waals surface area contributed by atoms with Crippen LogP contribution in [0.4, 0.5) is 90.4 Å². The first-order valence-corrected chi connectivity index (χ1v) is 17.7. The summed E-state index contributed by atoms with van der Waals surface area (Å²) in [4.78, 5) is 49.7. The average Bonchev–Trinajstić information content (AvgIpc) is 3.17. The van der Waals surface area contributed by atoms with E-state index in [4.69, 9.17) is 4.74 Å². The molecular formula is C39H24F18N2O9. The van der Waals surface area contributed by atoms with E-state index in [0.717, 1.165) is 7.05 Å². The number of benzene rings is 4. The molecule has 0 aliphatic heterocycles. The number of hydrogen-bond acceptors (Lipinski definition) is 8. The van der Waals surface area contributed by atoms with Crippen molar-refractivity contribution in [1.82, 2.24) is 0 Å². The molecule has 0 aliphatic rings. The number of hydrogen-bond donors (Lipinski definition) is 6. The molecule has 1 amide bonds. The minimum absolute atomic E-state index is 0.0601. The predicted octanol–water partition coefficient (Wildman–Crippen LogP) is 10.4. The molecule has 370 valence electrons. The van der Waals surface area contributed by atoms with Gasteiger partial charge >= 0.3 is 49.0 Å². The number of aromatic carboxylic acids is 2. The van der Waals surface area contributed by atoms with Crippen LogP contribution >= 0.6 is 0 Å². The molecule has 0 heterocycles. The van der Waals surface area contributed by atoms with Gasteiger partial charge in [-0.15, -0.1) is 0 Å². The maximum absolute atomic E-state index is 15.1. The van der Waals surface area contributed by atoms with Crippen molar-refractivity contribution in [3.63, 3.8) is 0 Å². The van der Waals surface area contributed by atoms with Crippen LogP contribution in [-0.4, -0.2) is 88.2 Å². The monoisotopic (exact) mass is 1010 g/mol. The average molecular weight is 1010 g/mol. The van der Waals surface area contributed by atoms with Crippen molar-refractivity contribution in [3.8, 4) is 11.5 Å². The zero-order valence-corrected chi connectivity index (χ0v) is 33.1. The normalized spacial score (nSPS) is 13.5. The molecule has 4 rings (SSSR count). The quantitative estimate of drug-likeness (QED) is 0.0590. The van der Waals surface area contributed by atoms with Gasteiger partial charge in [0.25, 0.3) is 17.1 Å². The first-order chi connectivity index (χ1) is 30.6. The summed E-state index contributed by atoms with van der Waals surface area (Å²) < 4.78 is 264. The van der Waals surface area contributed by atoms with E-state index >= 15 is 26.3 Å². The van der Waals surface area contributed by atoms with Gasteiger partial charge < -0.3 is 35.8 Å². The maximum atomic E-state index is 15.1. The van der Waals surface area contributed by atoms with Gasteiger partial charge in [0.2, 0.25) is 5.41 Å². The van der Waals surface area contributed by atoms with E-state index in [9.17, 15) is 92.3 Å². The number of ketones is 1. The van der Waals surface area contributed by atoms with E-state index < -0.39 is 157 Å². The highest BCUT2D eigenvalue weighted by Gasteiger charge is 2.74. The van der Waals surface area contributed by atoms with E-state index in [0.29, 0.717) is 19.1 Å². The van der Waals surface area contributed by atoms with Gasteiger partial charge in [0.05, 0.1) is 16.7 Å². The van der Waals surface area contributed by atoms with E-state index in [-0.39, 0.29) is 48.5 Å². The Hall–Kier alpha value is -6.78. The zero-order valence-electron chi connectivity index (χ0n) is 33.1. The molecule has 0 aliphatic carbocycles. The Morgan fingerprint density at radius 2 is 0.824 bits per heavy atom. The van der Waals surface area contributed by atoms with Crippen molar-refractivity contribution in [1.29, 1.82) is 0 Å². The van der Waals surface area contributed by atoms with Crippen molar-refractivity contribution >= 4 is 35.0 Å². The van der Waals surface area contributed by atoms with Gasteiger partial charge in [-0.2, -0.15) is 79.0 Å². The molecule has 0 saturated carbocycles. The molecule has 29 heteroatoms. The number of carboxylic acids is 2. The Labute approximate surface area is 365 Å². The van der Waals surface area contributed by atoms with Gasteiger partial charge in [0, 0.05) is 35.1 Å². The van der Waals surface area contributed by atoms with Gasteiger partial charge in [0.1, 0.15) is 11.5 Å². The van der Waals surface area contributed by atoms with Crippen LogP contribution in [0.5, 0.6) is 11.5 Å². The molecule has 0 bridgehead atoms. The van der Waals surface area contributed by atoms with Gasteiger partial charge in [-0.05, 0) is 78.7 Å². The van der Waals surface area contributed by atoms with Gasteiger partial charge in [-0.3, -0.25) is 9.59 Å². The molecule has 0 atom stereocenters. The number of aliphatic hydroxyl groups is 2. The van der Waals surface area contributed by atoms with Crippen LogP contribution in [0.2, 0.25) is 0 Å². The maximum Gasteiger partial charge on any atom is 0.430 e. The highest BCUT2D eigenvalue weighted by molar-refractivity contribution is 6.11. The van der Waals surface area contributed by atoms with Crippen molar-refractivity contribution in [2.45, 2.75) is 60.6 Å². The summed E-state index contributed by atoms with van der Waals surface area (Å²) >= 11 is 0. The highest BCUT2D eigenvalue weighted by atomic mass is 19.4. The molecule has 11 nitrogen and oxygen atoms in total. The summed E-state index contributed by atoms with van der Waals surface area (Å²) in [5, 5.41) is 42.5. The topological polar surface area (TPSA) is 182 Å². The smallest absolute Gasteiger partial charge is 0.430 e. The van der Waals surface area contributed by atoms with E-state index in [2.05, 4.69) is 0 Å². The fraction of sp³-hybridized carbons (Fsp3) is 0.282. The van der Waals surface area contributed by atoms with Crippen LogP contribution in [0.15, 0.2) is 72.8 Å². The highest BCUT2D eigenvalue weighted by Crippen LogP contribution is 2.58. The zero-order chi connectivity index (χ0) is 52.3. The van der Waals surface area contributed by atoms with E-state index in [1.165, 1.54) is 5.32 Å². The molecule has 68 heavy (non-hydrogen) atoms. The summed E-state index contributed by atoms with van der Waals surface area (Å²) in [5.74, 6) is -11.0. The van der Waals surface area contributed by atoms with Crippen molar-refractivity contribution in [2.75, 3.05) is 17.7 Å². The molecule has 4 aromatic carbocycles. The predicted molar refractivity (Wildman–Crippen MR) is 192 cm³/mol. The lowest BCUT2D eigenvalue weighted by atomic mass is 9.71. The number of nitrogens with one attached hydrogen (secondary N) is 2. The Bertz CT molecular complexity index is 2610. The molecule has 0 fully saturated rings. The van der Waals surface area contributed by atoms with Crippen molar-refractivity contribution in [3.05, 3.63) is 117 Å². The molecule has 0 aromatic heterocycles. The number of anilines is 2. The number of ether oxygens (including phenoxy) is 1. The fourth-order valence-corrected chi connectivity index (χ4v) is 6.75. The third-order valence-electron chi connectivity index (χ3n) is 10.00. The molecule has 6 N–H and O–H groups in total. The minimum atomic E-state index is -6.96. The second-order valence-corrected chi connectivity index (χ2v) is 14.1. The number of alkyl halides is 18. The van der Waals surface area contributed by atoms with E-state index in [1.807, 2.05) is 5.32 Å². The number of Topliss-reactive ketones (excluding diaryl/α,β-unsaturated/α-hetero) is 1. The Balaban J connectivity index is 2.04. The number of halogens is 18. The van der Waals surface area contributed by atoms with Crippen LogP contribution in [0.3, 0.4) is 0 Å². The Morgan fingerprint density at radius 3 is 1.16 bits per heavy atom. The van der Waals surface area contributed by atoms with Gasteiger partial charge in [0.15, 0.2) is 5.78 Å². The number of carbonyl (C=O) groups excluding carboxylic acids is 2. The van der Waals surface area contributed by atoms with Crippen LogP contribution in [0.25, 0.3) is 0 Å². The van der Waals surface area contributed by atoms with Gasteiger partial charge in [-0.25, -0.2) is 9.59 Å². The lowest BCUT2D eigenvalue weighted by Gasteiger charge is -2.38. The molecule has 0 unspecified atom stereocenters. The first kappa shape index (κ1) is 53.8. The number of rotatable bonds is 12. The van der Waals surface area contributed by atoms with E-state index in [1.54, 1.807) is 0 Å². The van der Waals surface area contributed by atoms with Crippen molar-refractivity contribution in [2.24, 2.45) is 0 Å². The molecule has 0 radical (unpaired) electrons. The van der Waals surface area contributed by atoms with Crippen LogP contribution in [0.1, 0.15) is 70.6 Å². The summed E-state index contributed by atoms with van der Waals surface area (Å²) in [6.07, 6.45) is -40.4. The lowest BCUT2D eigenvalue weighted by Crippen LogP contribution is -2.55. The molecule has 0 saturated heterocycles. The Morgan fingerprint density at radius 1 is 0.471 bits per heavy atom. The van der Waals surface area contributed by atoms with Crippen molar-refractivity contribution < 1.29 is 123 Å². The summed E-state index contributed by atoms with van der Waals surface area (Å²) in [6, 6.07) is -0.567. The van der Waals surface area contributed by atoms with Crippen LogP contribution < -0.4 is 15.4 Å². The van der Waals surface area contributed by atoms with Crippen LogP contribution in [-0.2, 0) is 16.6 Å². The lowest BCUT2D eigenvalue weighted by molar-refractivity contribution is -0.376.